The molecule has 2 heterocycles. The van der Waals surface area contributed by atoms with E-state index in [1.165, 1.54) is 4.90 Å². The average Bonchev–Trinajstić information content (AvgIpc) is 3.33. The van der Waals surface area contributed by atoms with E-state index in [0.717, 1.165) is 36.0 Å². The van der Waals surface area contributed by atoms with Gasteiger partial charge in [-0.3, -0.25) is 4.79 Å². The molecule has 37 heavy (non-hydrogen) atoms. The third-order valence-electron chi connectivity index (χ3n) is 6.70. The van der Waals surface area contributed by atoms with Gasteiger partial charge in [-0.1, -0.05) is 23.4 Å². The van der Waals surface area contributed by atoms with Gasteiger partial charge in [0.2, 0.25) is 5.82 Å². The lowest BCUT2D eigenvalue weighted by molar-refractivity contribution is -0.146. The van der Waals surface area contributed by atoms with Crippen molar-refractivity contribution in [2.45, 2.75) is 45.3 Å². The number of carbonyl (C=O) groups is 2. The van der Waals surface area contributed by atoms with Crippen molar-refractivity contribution in [3.8, 4) is 34.7 Å². The molecule has 2 N–H and O–H groups in total. The van der Waals surface area contributed by atoms with Gasteiger partial charge in [0.05, 0.1) is 23.6 Å². The fraction of sp³-hybridized carbons (Fsp3) is 0.370. The summed E-state index contributed by atoms with van der Waals surface area (Å²) in [6.45, 7) is 4.25. The lowest BCUT2D eigenvalue weighted by Crippen LogP contribution is -2.56. The van der Waals surface area contributed by atoms with Gasteiger partial charge in [0.15, 0.2) is 0 Å². The van der Waals surface area contributed by atoms with Crippen molar-refractivity contribution < 1.29 is 24.0 Å². The van der Waals surface area contributed by atoms with Gasteiger partial charge in [0.1, 0.15) is 11.8 Å². The molecule has 0 saturated carbocycles. The maximum Gasteiger partial charge on any atom is 0.317 e. The molecule has 190 valence electrons. The van der Waals surface area contributed by atoms with Crippen LogP contribution in [0.3, 0.4) is 0 Å². The van der Waals surface area contributed by atoms with Crippen molar-refractivity contribution in [3.05, 3.63) is 53.1 Å². The van der Waals surface area contributed by atoms with Crippen LogP contribution in [0.25, 0.3) is 22.8 Å². The van der Waals surface area contributed by atoms with E-state index in [1.807, 2.05) is 32.0 Å². The Kier molecular flexibility index (Phi) is 6.53. The van der Waals surface area contributed by atoms with Crippen molar-refractivity contribution in [1.82, 2.24) is 20.4 Å². The predicted octanol–water partition coefficient (Wildman–Crippen LogP) is 4.17. The Morgan fingerprint density at radius 3 is 2.81 bits per heavy atom. The fourth-order valence-electron chi connectivity index (χ4n) is 4.81. The van der Waals surface area contributed by atoms with Crippen LogP contribution in [0, 0.1) is 17.2 Å². The quantitative estimate of drug-likeness (QED) is 0.513. The molecule has 2 aromatic carbocycles. The maximum atomic E-state index is 12.7. The van der Waals surface area contributed by atoms with E-state index < -0.39 is 11.9 Å². The molecular weight excluding hydrogens is 474 g/mol. The Balaban J connectivity index is 1.37. The molecule has 10 heteroatoms. The van der Waals surface area contributed by atoms with Crippen LogP contribution >= 0.6 is 0 Å². The molecule has 1 aliphatic heterocycles. The van der Waals surface area contributed by atoms with Gasteiger partial charge in [0.25, 0.3) is 5.89 Å². The van der Waals surface area contributed by atoms with Gasteiger partial charge in [-0.25, -0.2) is 4.79 Å². The number of nitriles is 1. The second-order valence-corrected chi connectivity index (χ2v) is 9.62. The van der Waals surface area contributed by atoms with Crippen LogP contribution in [0.4, 0.5) is 4.79 Å². The number of carboxylic acid groups (broad SMARTS) is 1. The molecule has 1 atom stereocenters. The average molecular weight is 502 g/mol. The van der Waals surface area contributed by atoms with E-state index in [4.69, 9.17) is 14.4 Å². The number of aliphatic carboxylic acids is 1. The highest BCUT2D eigenvalue weighted by atomic mass is 16.5. The number of fused-ring (bicyclic) bond motifs is 1. The summed E-state index contributed by atoms with van der Waals surface area (Å²) in [6, 6.07) is 12.7. The highest BCUT2D eigenvalue weighted by molar-refractivity contribution is 5.80. The number of nitrogens with one attached hydrogen (secondary N) is 1. The zero-order valence-electron chi connectivity index (χ0n) is 20.6. The third kappa shape index (κ3) is 4.85. The van der Waals surface area contributed by atoms with E-state index in [0.29, 0.717) is 28.6 Å². The molecule has 0 unspecified atom stereocenters. The number of aromatic nitrogens is 2. The molecule has 5 rings (SSSR count). The first-order chi connectivity index (χ1) is 17.8. The molecule has 0 bridgehead atoms. The molecule has 2 aliphatic rings. The van der Waals surface area contributed by atoms with Gasteiger partial charge in [-0.2, -0.15) is 10.2 Å². The Morgan fingerprint density at radius 2 is 2.08 bits per heavy atom. The van der Waals surface area contributed by atoms with E-state index in [9.17, 15) is 14.9 Å². The van der Waals surface area contributed by atoms with E-state index >= 15 is 0 Å². The van der Waals surface area contributed by atoms with Gasteiger partial charge < -0.3 is 24.6 Å². The highest BCUT2D eigenvalue weighted by Crippen LogP contribution is 2.36. The van der Waals surface area contributed by atoms with Gasteiger partial charge in [-0.15, -0.1) is 0 Å². The summed E-state index contributed by atoms with van der Waals surface area (Å²) in [6.07, 6.45) is 2.42. The lowest BCUT2D eigenvalue weighted by atomic mass is 9.84. The number of urea groups is 1. The zero-order valence-corrected chi connectivity index (χ0v) is 20.6. The topological polar surface area (TPSA) is 142 Å². The number of amides is 2. The van der Waals surface area contributed by atoms with E-state index in [2.05, 4.69) is 21.5 Å². The SMILES string of the molecule is CC(C)Oc1ccc(-c2nc(-c3cccc4c3CCC[C@@H]4NC(=O)N3CC(C(=O)O)C3)no2)cc1C#N. The Bertz CT molecular complexity index is 1390. The van der Waals surface area contributed by atoms with Gasteiger partial charge in [-0.05, 0) is 62.4 Å². The number of rotatable bonds is 6. The van der Waals surface area contributed by atoms with Gasteiger partial charge in [0, 0.05) is 24.2 Å². The summed E-state index contributed by atoms with van der Waals surface area (Å²) in [4.78, 5) is 29.9. The maximum absolute atomic E-state index is 12.7. The van der Waals surface area contributed by atoms with E-state index in [-0.39, 0.29) is 31.3 Å². The summed E-state index contributed by atoms with van der Waals surface area (Å²) >= 11 is 0. The molecule has 0 radical (unpaired) electrons. The van der Waals surface area contributed by atoms with Gasteiger partial charge >= 0.3 is 12.0 Å². The fourth-order valence-corrected chi connectivity index (χ4v) is 4.81. The second-order valence-electron chi connectivity index (χ2n) is 9.62. The van der Waals surface area contributed by atoms with Crippen LogP contribution in [-0.2, 0) is 11.2 Å². The monoisotopic (exact) mass is 501 g/mol. The summed E-state index contributed by atoms with van der Waals surface area (Å²) in [7, 11) is 0. The summed E-state index contributed by atoms with van der Waals surface area (Å²) < 4.78 is 11.2. The van der Waals surface area contributed by atoms with Crippen LogP contribution in [-0.4, -0.2) is 51.3 Å². The number of likely N-dealkylation sites (tertiary alicyclic amines) is 1. The molecule has 3 aromatic rings. The molecule has 1 aromatic heterocycles. The third-order valence-corrected chi connectivity index (χ3v) is 6.70. The standard InChI is InChI=1S/C27H27N5O5/c1-15(2)36-23-10-9-16(11-17(23)12-28)25-30-24(31-37-25)21-7-3-6-20-19(21)5-4-8-22(20)29-27(35)32-13-18(14-32)26(33)34/h3,6-7,9-11,15,18,22H,4-5,8,13-14H2,1-2H3,(H,29,35)(H,33,34)/t22-/m0/s1. The molecule has 0 spiro atoms. The summed E-state index contributed by atoms with van der Waals surface area (Å²) in [5, 5.41) is 25.9. The van der Waals surface area contributed by atoms with Crippen molar-refractivity contribution in [2.24, 2.45) is 5.92 Å². The second kappa shape index (κ2) is 9.93. The first kappa shape index (κ1) is 24.3. The minimum Gasteiger partial charge on any atom is -0.490 e. The number of carbonyl (C=O) groups excluding carboxylic acids is 1. The Hall–Kier alpha value is -4.39. The molecule has 1 fully saturated rings. The van der Waals surface area contributed by atoms with Crippen molar-refractivity contribution in [1.29, 1.82) is 5.26 Å². The molecule has 10 nitrogen and oxygen atoms in total. The highest BCUT2D eigenvalue weighted by Gasteiger charge is 2.37. The Labute approximate surface area is 213 Å². The van der Waals surface area contributed by atoms with Crippen molar-refractivity contribution >= 4 is 12.0 Å². The van der Waals surface area contributed by atoms with Crippen LogP contribution in [0.2, 0.25) is 0 Å². The van der Waals surface area contributed by atoms with E-state index in [1.54, 1.807) is 18.2 Å². The first-order valence-electron chi connectivity index (χ1n) is 12.3. The molecule has 2 amide bonds. The number of hydrogen-bond donors (Lipinski definition) is 2. The van der Waals surface area contributed by atoms with Crippen LogP contribution in [0.15, 0.2) is 40.9 Å². The minimum atomic E-state index is -0.875. The lowest BCUT2D eigenvalue weighted by Gasteiger charge is -2.38. The number of hydrogen-bond acceptors (Lipinski definition) is 7. The number of benzene rings is 2. The molecule has 1 aliphatic carbocycles. The summed E-state index contributed by atoms with van der Waals surface area (Å²) in [5.74, 6) is -0.132. The van der Waals surface area contributed by atoms with Crippen LogP contribution < -0.4 is 10.1 Å². The van der Waals surface area contributed by atoms with Crippen LogP contribution in [0.1, 0.15) is 49.4 Å². The molecular formula is C27H27N5O5. The smallest absolute Gasteiger partial charge is 0.317 e. The minimum absolute atomic E-state index is 0.0570. The predicted molar refractivity (Wildman–Crippen MR) is 133 cm³/mol. The Morgan fingerprint density at radius 1 is 1.27 bits per heavy atom. The number of ether oxygens (including phenoxy) is 1. The molecule has 1 saturated heterocycles. The largest absolute Gasteiger partial charge is 0.490 e. The van der Waals surface area contributed by atoms with Crippen molar-refractivity contribution in [2.75, 3.05) is 13.1 Å². The summed E-state index contributed by atoms with van der Waals surface area (Å²) in [5.41, 5.74) is 3.90. The number of carboxylic acids is 1. The number of nitrogens with zero attached hydrogens (tertiary/aromatic N) is 4. The van der Waals surface area contributed by atoms with Crippen molar-refractivity contribution in [3.63, 3.8) is 0 Å². The normalized spacial score (nSPS) is 17.0. The first-order valence-corrected chi connectivity index (χ1v) is 12.3. The van der Waals surface area contributed by atoms with Crippen LogP contribution in [0.5, 0.6) is 5.75 Å². The zero-order chi connectivity index (χ0) is 26.1.